The number of carbonyl (C=O) groups is 1. The third kappa shape index (κ3) is 5.45. The Kier molecular flexibility index (Phi) is 6.17. The van der Waals surface area contributed by atoms with E-state index in [2.05, 4.69) is 10.8 Å². The van der Waals surface area contributed by atoms with E-state index in [-0.39, 0.29) is 12.5 Å². The SMILES string of the molecule is COCCONCC(=O)Nc1ccccc1. The first kappa shape index (κ1) is 12.6. The first-order valence-corrected chi connectivity index (χ1v) is 5.01. The molecule has 1 aromatic carbocycles. The highest BCUT2D eigenvalue weighted by atomic mass is 16.7. The lowest BCUT2D eigenvalue weighted by molar-refractivity contribution is -0.118. The number of para-hydroxylation sites is 1. The van der Waals surface area contributed by atoms with Gasteiger partial charge >= 0.3 is 0 Å². The topological polar surface area (TPSA) is 59.6 Å². The molecule has 1 aromatic rings. The Morgan fingerprint density at radius 1 is 1.25 bits per heavy atom. The van der Waals surface area contributed by atoms with Crippen LogP contribution in [0.3, 0.4) is 0 Å². The summed E-state index contributed by atoms with van der Waals surface area (Å²) in [7, 11) is 1.59. The first-order chi connectivity index (χ1) is 7.83. The zero-order valence-corrected chi connectivity index (χ0v) is 9.23. The molecule has 0 bridgehead atoms. The maximum atomic E-state index is 11.4. The van der Waals surface area contributed by atoms with Gasteiger partial charge in [-0.15, -0.1) is 0 Å². The van der Waals surface area contributed by atoms with Crippen molar-refractivity contribution in [2.45, 2.75) is 0 Å². The lowest BCUT2D eigenvalue weighted by Crippen LogP contribution is -2.29. The third-order valence-electron chi connectivity index (χ3n) is 1.78. The fraction of sp³-hybridized carbons (Fsp3) is 0.364. The number of rotatable bonds is 7. The van der Waals surface area contributed by atoms with Crippen molar-refractivity contribution in [2.24, 2.45) is 0 Å². The van der Waals surface area contributed by atoms with E-state index in [1.54, 1.807) is 7.11 Å². The van der Waals surface area contributed by atoms with Crippen LogP contribution in [0.15, 0.2) is 30.3 Å². The Morgan fingerprint density at radius 3 is 2.69 bits per heavy atom. The quantitative estimate of drug-likeness (QED) is 0.531. The first-order valence-electron chi connectivity index (χ1n) is 5.01. The zero-order valence-electron chi connectivity index (χ0n) is 9.23. The van der Waals surface area contributed by atoms with Crippen LogP contribution in [0.25, 0.3) is 0 Å². The van der Waals surface area contributed by atoms with Gasteiger partial charge in [-0.25, -0.2) is 0 Å². The maximum absolute atomic E-state index is 11.4. The fourth-order valence-corrected chi connectivity index (χ4v) is 1.04. The van der Waals surface area contributed by atoms with Crippen molar-refractivity contribution in [2.75, 3.05) is 32.2 Å². The molecule has 0 aliphatic carbocycles. The van der Waals surface area contributed by atoms with Gasteiger partial charge in [-0.2, -0.15) is 5.48 Å². The minimum Gasteiger partial charge on any atom is -0.382 e. The number of benzene rings is 1. The van der Waals surface area contributed by atoms with Crippen molar-refractivity contribution in [1.82, 2.24) is 5.48 Å². The second-order valence-electron chi connectivity index (χ2n) is 3.08. The summed E-state index contributed by atoms with van der Waals surface area (Å²) in [5.41, 5.74) is 3.32. The molecule has 0 saturated heterocycles. The number of anilines is 1. The van der Waals surface area contributed by atoms with Crippen LogP contribution in [-0.4, -0.2) is 32.8 Å². The standard InChI is InChI=1S/C11H16N2O3/c1-15-7-8-16-12-9-11(14)13-10-5-3-2-4-6-10/h2-6,12H,7-9H2,1H3,(H,13,14). The predicted molar refractivity (Wildman–Crippen MR) is 60.9 cm³/mol. The van der Waals surface area contributed by atoms with E-state index >= 15 is 0 Å². The molecule has 1 rings (SSSR count). The summed E-state index contributed by atoms with van der Waals surface area (Å²) in [5.74, 6) is -0.149. The average molecular weight is 224 g/mol. The summed E-state index contributed by atoms with van der Waals surface area (Å²) in [6, 6.07) is 9.26. The summed E-state index contributed by atoms with van der Waals surface area (Å²) < 4.78 is 4.78. The smallest absolute Gasteiger partial charge is 0.240 e. The molecule has 0 fully saturated rings. The van der Waals surface area contributed by atoms with Crippen LogP contribution in [0.5, 0.6) is 0 Å². The van der Waals surface area contributed by atoms with Gasteiger partial charge in [0.05, 0.1) is 13.2 Å². The van der Waals surface area contributed by atoms with Gasteiger partial charge in [0.15, 0.2) is 0 Å². The van der Waals surface area contributed by atoms with Gasteiger partial charge in [-0.1, -0.05) is 18.2 Å². The number of carbonyl (C=O) groups excluding carboxylic acids is 1. The highest BCUT2D eigenvalue weighted by molar-refractivity contribution is 5.92. The van der Waals surface area contributed by atoms with Crippen molar-refractivity contribution in [3.8, 4) is 0 Å². The van der Waals surface area contributed by atoms with Gasteiger partial charge in [-0.3, -0.25) is 9.63 Å². The van der Waals surface area contributed by atoms with E-state index in [0.717, 1.165) is 5.69 Å². The third-order valence-corrected chi connectivity index (χ3v) is 1.78. The number of nitrogens with one attached hydrogen (secondary N) is 2. The molecule has 0 saturated carbocycles. The van der Waals surface area contributed by atoms with Crippen molar-refractivity contribution in [3.05, 3.63) is 30.3 Å². The normalized spacial score (nSPS) is 10.1. The van der Waals surface area contributed by atoms with Gasteiger partial charge in [0, 0.05) is 12.8 Å². The highest BCUT2D eigenvalue weighted by Gasteiger charge is 2.00. The highest BCUT2D eigenvalue weighted by Crippen LogP contribution is 2.03. The van der Waals surface area contributed by atoms with Crippen molar-refractivity contribution in [1.29, 1.82) is 0 Å². The summed E-state index contributed by atoms with van der Waals surface area (Å²) in [6.07, 6.45) is 0. The Hall–Kier alpha value is -1.43. The van der Waals surface area contributed by atoms with Crippen molar-refractivity contribution < 1.29 is 14.4 Å². The predicted octanol–water partition coefficient (Wildman–Crippen LogP) is 0.793. The molecule has 2 N–H and O–H groups in total. The maximum Gasteiger partial charge on any atom is 0.240 e. The summed E-state index contributed by atoms with van der Waals surface area (Å²) in [4.78, 5) is 16.3. The number of hydrogen-bond donors (Lipinski definition) is 2. The molecular weight excluding hydrogens is 208 g/mol. The van der Waals surface area contributed by atoms with Gasteiger partial charge < -0.3 is 10.1 Å². The molecule has 5 nitrogen and oxygen atoms in total. The molecule has 16 heavy (non-hydrogen) atoms. The van der Waals surface area contributed by atoms with E-state index in [1.165, 1.54) is 0 Å². The Bertz CT molecular complexity index is 303. The van der Waals surface area contributed by atoms with E-state index in [0.29, 0.717) is 13.2 Å². The van der Waals surface area contributed by atoms with E-state index < -0.39 is 0 Å². The minimum atomic E-state index is -0.149. The van der Waals surface area contributed by atoms with Crippen molar-refractivity contribution >= 4 is 11.6 Å². The number of hydrogen-bond acceptors (Lipinski definition) is 4. The Balaban J connectivity index is 2.12. The van der Waals surface area contributed by atoms with E-state index in [4.69, 9.17) is 9.57 Å². The lowest BCUT2D eigenvalue weighted by atomic mass is 10.3. The van der Waals surface area contributed by atoms with Crippen LogP contribution in [0.4, 0.5) is 5.69 Å². The summed E-state index contributed by atoms with van der Waals surface area (Å²) >= 11 is 0. The van der Waals surface area contributed by atoms with E-state index in [1.807, 2.05) is 30.3 Å². The number of hydroxylamine groups is 1. The van der Waals surface area contributed by atoms with Gasteiger partial charge in [0.25, 0.3) is 0 Å². The summed E-state index contributed by atoms with van der Waals surface area (Å²) in [6.45, 7) is 1.01. The van der Waals surface area contributed by atoms with Crippen LogP contribution in [-0.2, 0) is 14.4 Å². The number of amides is 1. The molecule has 0 atom stereocenters. The average Bonchev–Trinajstić information content (AvgIpc) is 2.30. The van der Waals surface area contributed by atoms with Crippen molar-refractivity contribution in [3.63, 3.8) is 0 Å². The summed E-state index contributed by atoms with van der Waals surface area (Å²) in [5, 5.41) is 2.72. The molecule has 0 unspecified atom stereocenters. The molecular formula is C11H16N2O3. The second kappa shape index (κ2) is 7.81. The fourth-order valence-electron chi connectivity index (χ4n) is 1.04. The largest absolute Gasteiger partial charge is 0.382 e. The second-order valence-corrected chi connectivity index (χ2v) is 3.08. The molecule has 0 aliphatic heterocycles. The van der Waals surface area contributed by atoms with Crippen LogP contribution >= 0.6 is 0 Å². The Morgan fingerprint density at radius 2 is 2.00 bits per heavy atom. The molecule has 0 aromatic heterocycles. The molecule has 0 heterocycles. The molecule has 0 radical (unpaired) electrons. The minimum absolute atomic E-state index is 0.110. The van der Waals surface area contributed by atoms with Crippen LogP contribution in [0.1, 0.15) is 0 Å². The zero-order chi connectivity index (χ0) is 11.6. The van der Waals surface area contributed by atoms with Crippen LogP contribution < -0.4 is 10.8 Å². The van der Waals surface area contributed by atoms with Crippen LogP contribution in [0.2, 0.25) is 0 Å². The van der Waals surface area contributed by atoms with Gasteiger partial charge in [-0.05, 0) is 12.1 Å². The molecule has 0 aliphatic rings. The molecule has 0 spiro atoms. The monoisotopic (exact) mass is 224 g/mol. The number of methoxy groups -OCH3 is 1. The van der Waals surface area contributed by atoms with Gasteiger partial charge in [0.1, 0.15) is 6.54 Å². The lowest BCUT2D eigenvalue weighted by Gasteiger charge is -2.06. The van der Waals surface area contributed by atoms with E-state index in [9.17, 15) is 4.79 Å². The molecule has 5 heteroatoms. The van der Waals surface area contributed by atoms with Gasteiger partial charge in [0.2, 0.25) is 5.91 Å². The Labute approximate surface area is 94.7 Å². The molecule has 1 amide bonds. The molecule has 88 valence electrons. The van der Waals surface area contributed by atoms with Crippen LogP contribution in [0, 0.1) is 0 Å². The number of ether oxygens (including phenoxy) is 1.